The van der Waals surface area contributed by atoms with E-state index in [4.69, 9.17) is 5.26 Å². The first-order valence-corrected chi connectivity index (χ1v) is 10.8. The molecular formula is C23H29FN4O2. The molecule has 2 N–H and O–H groups in total. The van der Waals surface area contributed by atoms with E-state index < -0.39 is 12.2 Å². The number of rotatable bonds is 5. The van der Waals surface area contributed by atoms with Crippen molar-refractivity contribution < 1.29 is 14.0 Å². The largest absolute Gasteiger partial charge is 0.326 e. The maximum Gasteiger partial charge on any atom is 0.237 e. The van der Waals surface area contributed by atoms with Gasteiger partial charge in [0, 0.05) is 23.1 Å². The normalized spacial score (nSPS) is 32.6. The Hall–Kier alpha value is -2.46. The molecule has 2 atom stereocenters. The summed E-state index contributed by atoms with van der Waals surface area (Å²) >= 11 is 0. The van der Waals surface area contributed by atoms with Gasteiger partial charge in [-0.1, -0.05) is 12.1 Å². The van der Waals surface area contributed by atoms with Gasteiger partial charge in [0.1, 0.15) is 12.2 Å². The molecule has 3 saturated carbocycles. The van der Waals surface area contributed by atoms with Crippen LogP contribution in [0.2, 0.25) is 0 Å². The minimum absolute atomic E-state index is 0.00792. The van der Waals surface area contributed by atoms with Crippen LogP contribution < -0.4 is 10.6 Å². The maximum atomic E-state index is 13.6. The van der Waals surface area contributed by atoms with Crippen molar-refractivity contribution >= 4 is 17.5 Å². The highest BCUT2D eigenvalue weighted by Gasteiger charge is 2.52. The van der Waals surface area contributed by atoms with Gasteiger partial charge in [-0.3, -0.25) is 9.59 Å². The zero-order valence-electron chi connectivity index (χ0n) is 17.4. The number of nitrogens with one attached hydrogen (secondary N) is 2. The highest BCUT2D eigenvalue weighted by molar-refractivity contribution is 5.95. The molecule has 6 nitrogen and oxygen atoms in total. The standard InChI is InChI=1S/C23H29FN4O2/c1-16-3-2-4-18(11-16)27-21(30)22-5-8-23(9-6-22,10-7-22)26-14-20(29)28-15-17(24)12-19(28)13-25/h2-4,11,17,19,26H,5-10,12,14-15H2,1H3,(H,27,30)/t17-,19-,22?,23?/m0/s1. The Bertz CT molecular complexity index is 856. The van der Waals surface area contributed by atoms with Gasteiger partial charge in [0.25, 0.3) is 0 Å². The van der Waals surface area contributed by atoms with Crippen LogP contribution in [0.15, 0.2) is 24.3 Å². The molecule has 0 unspecified atom stereocenters. The summed E-state index contributed by atoms with van der Waals surface area (Å²) in [6.45, 7) is 2.13. The Labute approximate surface area is 176 Å². The molecule has 0 aromatic heterocycles. The minimum Gasteiger partial charge on any atom is -0.326 e. The van der Waals surface area contributed by atoms with Crippen LogP contribution in [0, 0.1) is 23.7 Å². The maximum absolute atomic E-state index is 13.6. The number of benzene rings is 1. The molecule has 2 bridgehead atoms. The van der Waals surface area contributed by atoms with E-state index in [9.17, 15) is 14.0 Å². The fraction of sp³-hybridized carbons (Fsp3) is 0.609. The Morgan fingerprint density at radius 1 is 1.23 bits per heavy atom. The summed E-state index contributed by atoms with van der Waals surface area (Å²) in [6.07, 6.45) is 3.90. The summed E-state index contributed by atoms with van der Waals surface area (Å²) in [5.74, 6) is -0.115. The van der Waals surface area contributed by atoms with Crippen molar-refractivity contribution in [3.8, 4) is 6.07 Å². The van der Waals surface area contributed by atoms with Crippen molar-refractivity contribution in [2.75, 3.05) is 18.4 Å². The molecule has 160 valence electrons. The van der Waals surface area contributed by atoms with E-state index in [1.165, 1.54) is 4.90 Å². The Morgan fingerprint density at radius 2 is 1.93 bits per heavy atom. The second-order valence-corrected chi connectivity index (χ2v) is 9.26. The number of halogens is 1. The lowest BCUT2D eigenvalue weighted by Gasteiger charge is -2.52. The SMILES string of the molecule is Cc1cccc(NC(=O)C23CCC(NCC(=O)N4C[C@@H](F)C[C@H]4C#N)(CC2)CC3)c1. The zero-order valence-corrected chi connectivity index (χ0v) is 17.4. The van der Waals surface area contributed by atoms with Crippen molar-refractivity contribution in [3.05, 3.63) is 29.8 Å². The summed E-state index contributed by atoms with van der Waals surface area (Å²) < 4.78 is 13.6. The number of hydrogen-bond acceptors (Lipinski definition) is 4. The van der Waals surface area contributed by atoms with E-state index in [1.807, 2.05) is 37.3 Å². The van der Waals surface area contributed by atoms with Gasteiger partial charge < -0.3 is 15.5 Å². The fourth-order valence-corrected chi connectivity index (χ4v) is 5.33. The third-order valence-corrected chi connectivity index (χ3v) is 7.34. The summed E-state index contributed by atoms with van der Waals surface area (Å²) in [4.78, 5) is 27.0. The lowest BCUT2D eigenvalue weighted by molar-refractivity contribution is -0.135. The van der Waals surface area contributed by atoms with Gasteiger partial charge in [-0.25, -0.2) is 4.39 Å². The topological polar surface area (TPSA) is 85.2 Å². The van der Waals surface area contributed by atoms with Crippen molar-refractivity contribution in [1.29, 1.82) is 5.26 Å². The molecule has 7 heteroatoms. The van der Waals surface area contributed by atoms with Crippen LogP contribution in [0.5, 0.6) is 0 Å². The number of likely N-dealkylation sites (tertiary alicyclic amines) is 1. The number of fused-ring (bicyclic) bond motifs is 3. The minimum atomic E-state index is -1.12. The van der Waals surface area contributed by atoms with Gasteiger partial charge in [-0.2, -0.15) is 5.26 Å². The average Bonchev–Trinajstić information content (AvgIpc) is 3.14. The van der Waals surface area contributed by atoms with Gasteiger partial charge >= 0.3 is 0 Å². The highest BCUT2D eigenvalue weighted by atomic mass is 19.1. The van der Waals surface area contributed by atoms with Crippen LogP contribution in [0.1, 0.15) is 50.5 Å². The highest BCUT2D eigenvalue weighted by Crippen LogP contribution is 2.52. The van der Waals surface area contributed by atoms with Crippen LogP contribution in [-0.2, 0) is 9.59 Å². The number of nitriles is 1. The van der Waals surface area contributed by atoms with Gasteiger partial charge in [-0.05, 0) is 63.1 Å². The van der Waals surface area contributed by atoms with Crippen LogP contribution >= 0.6 is 0 Å². The molecule has 30 heavy (non-hydrogen) atoms. The van der Waals surface area contributed by atoms with E-state index in [-0.39, 0.29) is 42.3 Å². The van der Waals surface area contributed by atoms with Crippen molar-refractivity contribution in [2.45, 2.75) is 69.6 Å². The summed E-state index contributed by atoms with van der Waals surface area (Å²) in [6, 6.07) is 9.21. The van der Waals surface area contributed by atoms with E-state index in [0.29, 0.717) is 0 Å². The number of alkyl halides is 1. The number of carbonyl (C=O) groups is 2. The van der Waals surface area contributed by atoms with Gasteiger partial charge in [-0.15, -0.1) is 0 Å². The molecule has 1 saturated heterocycles. The molecule has 2 amide bonds. The van der Waals surface area contributed by atoms with Crippen LogP contribution in [0.3, 0.4) is 0 Å². The number of anilines is 1. The summed E-state index contributed by atoms with van der Waals surface area (Å²) in [5, 5.41) is 15.7. The molecule has 4 aliphatic rings. The number of nitrogens with zero attached hydrogens (tertiary/aromatic N) is 2. The molecule has 1 heterocycles. The van der Waals surface area contributed by atoms with Crippen LogP contribution in [0.25, 0.3) is 0 Å². The second kappa shape index (κ2) is 7.99. The number of hydrogen-bond donors (Lipinski definition) is 2. The van der Waals surface area contributed by atoms with Gasteiger partial charge in [0.15, 0.2) is 0 Å². The zero-order chi connectivity index (χ0) is 21.4. The van der Waals surface area contributed by atoms with E-state index >= 15 is 0 Å². The van der Waals surface area contributed by atoms with Crippen molar-refractivity contribution in [1.82, 2.24) is 10.2 Å². The van der Waals surface area contributed by atoms with E-state index in [1.54, 1.807) is 0 Å². The second-order valence-electron chi connectivity index (χ2n) is 9.26. The third-order valence-electron chi connectivity index (χ3n) is 7.34. The quantitative estimate of drug-likeness (QED) is 0.778. The monoisotopic (exact) mass is 412 g/mol. The predicted molar refractivity (Wildman–Crippen MR) is 111 cm³/mol. The van der Waals surface area contributed by atoms with Gasteiger partial charge in [0.05, 0.1) is 19.2 Å². The molecule has 0 spiro atoms. The van der Waals surface area contributed by atoms with Gasteiger partial charge in [0.2, 0.25) is 11.8 Å². The lowest BCUT2D eigenvalue weighted by atomic mass is 9.57. The summed E-state index contributed by atoms with van der Waals surface area (Å²) in [7, 11) is 0. The molecule has 5 rings (SSSR count). The molecule has 1 aliphatic heterocycles. The molecule has 1 aromatic carbocycles. The molecular weight excluding hydrogens is 383 g/mol. The number of aryl methyl sites for hydroxylation is 1. The van der Waals surface area contributed by atoms with Crippen molar-refractivity contribution in [3.63, 3.8) is 0 Å². The lowest BCUT2D eigenvalue weighted by Crippen LogP contribution is -2.59. The first kappa shape index (κ1) is 20.8. The molecule has 0 radical (unpaired) electrons. The Kier molecular flexibility index (Phi) is 5.54. The number of amides is 2. The van der Waals surface area contributed by atoms with E-state index in [0.717, 1.165) is 49.8 Å². The van der Waals surface area contributed by atoms with Crippen molar-refractivity contribution in [2.24, 2.45) is 5.41 Å². The third kappa shape index (κ3) is 3.93. The summed E-state index contributed by atoms with van der Waals surface area (Å²) in [5.41, 5.74) is 1.47. The van der Waals surface area contributed by atoms with Crippen LogP contribution in [-0.4, -0.2) is 47.6 Å². The first-order valence-electron chi connectivity index (χ1n) is 10.8. The Balaban J connectivity index is 1.33. The average molecular weight is 413 g/mol. The molecule has 3 aliphatic carbocycles. The molecule has 4 fully saturated rings. The smallest absolute Gasteiger partial charge is 0.237 e. The first-order chi connectivity index (χ1) is 14.3. The fourth-order valence-electron chi connectivity index (χ4n) is 5.33. The molecule has 1 aromatic rings. The Morgan fingerprint density at radius 3 is 2.57 bits per heavy atom. The predicted octanol–water partition coefficient (Wildman–Crippen LogP) is 3.08. The number of carbonyl (C=O) groups excluding carboxylic acids is 2. The van der Waals surface area contributed by atoms with E-state index in [2.05, 4.69) is 10.6 Å². The van der Waals surface area contributed by atoms with Crippen LogP contribution in [0.4, 0.5) is 10.1 Å².